The van der Waals surface area contributed by atoms with Gasteiger partial charge in [-0.05, 0) is 37.1 Å². The van der Waals surface area contributed by atoms with E-state index < -0.39 is 0 Å². The Morgan fingerprint density at radius 1 is 1.17 bits per heavy atom. The molecule has 0 aliphatic carbocycles. The van der Waals surface area contributed by atoms with Gasteiger partial charge < -0.3 is 19.4 Å². The van der Waals surface area contributed by atoms with Crippen LogP contribution in [0.5, 0.6) is 0 Å². The van der Waals surface area contributed by atoms with Gasteiger partial charge in [0, 0.05) is 51.0 Å². The molecule has 2 aliphatic rings. The molecule has 0 N–H and O–H groups in total. The highest BCUT2D eigenvalue weighted by Crippen LogP contribution is 2.31. The molecule has 2 heterocycles. The summed E-state index contributed by atoms with van der Waals surface area (Å²) in [6, 6.07) is 6.27. The van der Waals surface area contributed by atoms with Gasteiger partial charge in [-0.3, -0.25) is 4.79 Å². The monoisotopic (exact) mass is 317 g/mol. The normalized spacial score (nSPS) is 18.0. The molecule has 2 aliphatic heterocycles. The molecule has 0 saturated carbocycles. The van der Waals surface area contributed by atoms with Gasteiger partial charge in [0.05, 0.1) is 6.61 Å². The summed E-state index contributed by atoms with van der Waals surface area (Å²) in [5, 5.41) is 0. The van der Waals surface area contributed by atoms with Gasteiger partial charge in [-0.15, -0.1) is 0 Å². The van der Waals surface area contributed by atoms with Gasteiger partial charge >= 0.3 is 6.09 Å². The SMILES string of the molecule is CCOC(=O)N1CCN(c2ccc3c(c2)CCC(=O)N3C)CC1. The predicted molar refractivity (Wildman–Crippen MR) is 89.0 cm³/mol. The third-order valence-electron chi connectivity index (χ3n) is 4.58. The molecule has 0 aromatic heterocycles. The molecule has 6 nitrogen and oxygen atoms in total. The lowest BCUT2D eigenvalue weighted by Gasteiger charge is -2.36. The zero-order chi connectivity index (χ0) is 16.4. The van der Waals surface area contributed by atoms with Gasteiger partial charge in [-0.25, -0.2) is 4.79 Å². The van der Waals surface area contributed by atoms with Crippen molar-refractivity contribution in [1.82, 2.24) is 4.90 Å². The van der Waals surface area contributed by atoms with Crippen LogP contribution in [0.15, 0.2) is 18.2 Å². The molecule has 3 rings (SSSR count). The fraction of sp³-hybridized carbons (Fsp3) is 0.529. The number of piperazine rings is 1. The standard InChI is InChI=1S/C17H23N3O3/c1-3-23-17(22)20-10-8-19(9-11-20)14-5-6-15-13(12-14)4-7-16(21)18(15)2/h5-6,12H,3-4,7-11H2,1-2H3. The molecule has 0 atom stereocenters. The van der Waals surface area contributed by atoms with E-state index in [4.69, 9.17) is 4.74 Å². The van der Waals surface area contributed by atoms with Crippen molar-refractivity contribution < 1.29 is 14.3 Å². The summed E-state index contributed by atoms with van der Waals surface area (Å²) < 4.78 is 5.05. The van der Waals surface area contributed by atoms with E-state index in [1.54, 1.807) is 9.80 Å². The molecule has 2 amide bonds. The zero-order valence-corrected chi connectivity index (χ0v) is 13.7. The van der Waals surface area contributed by atoms with Gasteiger partial charge in [0.25, 0.3) is 0 Å². The second kappa shape index (κ2) is 6.48. The summed E-state index contributed by atoms with van der Waals surface area (Å²) >= 11 is 0. The highest BCUT2D eigenvalue weighted by molar-refractivity contribution is 5.96. The van der Waals surface area contributed by atoms with Crippen molar-refractivity contribution in [3.63, 3.8) is 0 Å². The topological polar surface area (TPSA) is 53.1 Å². The van der Waals surface area contributed by atoms with Crippen molar-refractivity contribution >= 4 is 23.4 Å². The Labute approximate surface area is 136 Å². The molecule has 0 bridgehead atoms. The van der Waals surface area contributed by atoms with E-state index in [0.29, 0.717) is 26.1 Å². The van der Waals surface area contributed by atoms with E-state index in [0.717, 1.165) is 30.9 Å². The van der Waals surface area contributed by atoms with Crippen molar-refractivity contribution in [1.29, 1.82) is 0 Å². The van der Waals surface area contributed by atoms with Crippen LogP contribution in [0.1, 0.15) is 18.9 Å². The minimum atomic E-state index is -0.224. The van der Waals surface area contributed by atoms with E-state index in [-0.39, 0.29) is 12.0 Å². The number of benzene rings is 1. The average Bonchev–Trinajstić information content (AvgIpc) is 2.58. The van der Waals surface area contributed by atoms with Gasteiger partial charge in [-0.2, -0.15) is 0 Å². The highest BCUT2D eigenvalue weighted by Gasteiger charge is 2.24. The Balaban J connectivity index is 1.68. The first kappa shape index (κ1) is 15.6. The number of hydrogen-bond acceptors (Lipinski definition) is 4. The molecule has 1 aromatic rings. The van der Waals surface area contributed by atoms with Crippen LogP contribution in [0.25, 0.3) is 0 Å². The lowest BCUT2D eigenvalue weighted by atomic mass is 10.0. The van der Waals surface area contributed by atoms with Crippen LogP contribution in [0, 0.1) is 0 Å². The van der Waals surface area contributed by atoms with Crippen molar-refractivity contribution in [2.45, 2.75) is 19.8 Å². The molecule has 1 aromatic carbocycles. The molecule has 124 valence electrons. The van der Waals surface area contributed by atoms with E-state index in [9.17, 15) is 9.59 Å². The number of nitrogens with zero attached hydrogens (tertiary/aromatic N) is 3. The summed E-state index contributed by atoms with van der Waals surface area (Å²) in [4.78, 5) is 29.3. The summed E-state index contributed by atoms with van der Waals surface area (Å²) in [5.74, 6) is 0.174. The van der Waals surface area contributed by atoms with Crippen LogP contribution in [-0.4, -0.2) is 56.7 Å². The minimum Gasteiger partial charge on any atom is -0.450 e. The van der Waals surface area contributed by atoms with Crippen LogP contribution in [0.4, 0.5) is 16.2 Å². The highest BCUT2D eigenvalue weighted by atomic mass is 16.6. The number of anilines is 2. The molecule has 1 fully saturated rings. The second-order valence-electron chi connectivity index (χ2n) is 5.94. The number of ether oxygens (including phenoxy) is 1. The van der Waals surface area contributed by atoms with Crippen LogP contribution in [-0.2, 0) is 16.0 Å². The summed E-state index contributed by atoms with van der Waals surface area (Å²) in [5.41, 5.74) is 3.39. The molecule has 1 saturated heterocycles. The molecule has 0 unspecified atom stereocenters. The molecule has 0 radical (unpaired) electrons. The average molecular weight is 317 g/mol. The number of carbonyl (C=O) groups is 2. The van der Waals surface area contributed by atoms with E-state index in [1.807, 2.05) is 20.0 Å². The lowest BCUT2D eigenvalue weighted by molar-refractivity contribution is -0.118. The zero-order valence-electron chi connectivity index (χ0n) is 13.7. The van der Waals surface area contributed by atoms with E-state index >= 15 is 0 Å². The molecular formula is C17H23N3O3. The first-order valence-electron chi connectivity index (χ1n) is 8.16. The number of amides is 2. The number of fused-ring (bicyclic) bond motifs is 1. The summed E-state index contributed by atoms with van der Waals surface area (Å²) in [7, 11) is 1.83. The van der Waals surface area contributed by atoms with Gasteiger partial charge in [0.2, 0.25) is 5.91 Å². The van der Waals surface area contributed by atoms with Gasteiger partial charge in [0.1, 0.15) is 0 Å². The first-order valence-corrected chi connectivity index (χ1v) is 8.16. The van der Waals surface area contributed by atoms with E-state index in [1.165, 1.54) is 5.56 Å². The van der Waals surface area contributed by atoms with Crippen molar-refractivity contribution in [2.24, 2.45) is 0 Å². The number of rotatable bonds is 2. The Hall–Kier alpha value is -2.24. The maximum atomic E-state index is 11.8. The number of carbonyl (C=O) groups excluding carboxylic acids is 2. The molecule has 6 heteroatoms. The smallest absolute Gasteiger partial charge is 0.409 e. The fourth-order valence-corrected chi connectivity index (χ4v) is 3.20. The largest absolute Gasteiger partial charge is 0.450 e. The van der Waals surface area contributed by atoms with Crippen molar-refractivity contribution in [2.75, 3.05) is 49.6 Å². The van der Waals surface area contributed by atoms with Crippen LogP contribution in [0.2, 0.25) is 0 Å². The summed E-state index contributed by atoms with van der Waals surface area (Å²) in [6.45, 7) is 5.18. The first-order chi connectivity index (χ1) is 11.1. The third kappa shape index (κ3) is 3.11. The van der Waals surface area contributed by atoms with Gasteiger partial charge in [-0.1, -0.05) is 0 Å². The lowest BCUT2D eigenvalue weighted by Crippen LogP contribution is -2.49. The third-order valence-corrected chi connectivity index (χ3v) is 4.58. The second-order valence-corrected chi connectivity index (χ2v) is 5.94. The number of hydrogen-bond donors (Lipinski definition) is 0. The predicted octanol–water partition coefficient (Wildman–Crippen LogP) is 1.87. The number of aryl methyl sites for hydroxylation is 1. The van der Waals surface area contributed by atoms with Crippen LogP contribution >= 0.6 is 0 Å². The molecule has 23 heavy (non-hydrogen) atoms. The van der Waals surface area contributed by atoms with Crippen molar-refractivity contribution in [3.8, 4) is 0 Å². The van der Waals surface area contributed by atoms with Crippen LogP contribution < -0.4 is 9.80 Å². The quantitative estimate of drug-likeness (QED) is 0.836. The maximum absolute atomic E-state index is 11.8. The van der Waals surface area contributed by atoms with Crippen molar-refractivity contribution in [3.05, 3.63) is 23.8 Å². The Morgan fingerprint density at radius 2 is 1.91 bits per heavy atom. The van der Waals surface area contributed by atoms with Gasteiger partial charge in [0.15, 0.2) is 0 Å². The Kier molecular flexibility index (Phi) is 4.41. The molecular weight excluding hydrogens is 294 g/mol. The summed E-state index contributed by atoms with van der Waals surface area (Å²) in [6.07, 6.45) is 1.15. The fourth-order valence-electron chi connectivity index (χ4n) is 3.20. The minimum absolute atomic E-state index is 0.174. The maximum Gasteiger partial charge on any atom is 0.409 e. The van der Waals surface area contributed by atoms with Crippen LogP contribution in [0.3, 0.4) is 0 Å². The Bertz CT molecular complexity index is 609. The van der Waals surface area contributed by atoms with E-state index in [2.05, 4.69) is 17.0 Å². The Morgan fingerprint density at radius 3 is 2.61 bits per heavy atom. The molecule has 0 spiro atoms.